The number of pyridine rings is 1. The van der Waals surface area contributed by atoms with Crippen LogP contribution in [-0.4, -0.2) is 25.7 Å². The van der Waals surface area contributed by atoms with E-state index in [1.54, 1.807) is 28.9 Å². The lowest BCUT2D eigenvalue weighted by Gasteiger charge is -2.01. The summed E-state index contributed by atoms with van der Waals surface area (Å²) in [6.07, 6.45) is 1.55. The van der Waals surface area contributed by atoms with Gasteiger partial charge in [0.25, 0.3) is 0 Å². The first-order valence-electron chi connectivity index (χ1n) is 5.56. The summed E-state index contributed by atoms with van der Waals surface area (Å²) in [5.74, 6) is -0.617. The fourth-order valence-electron chi connectivity index (χ4n) is 1.90. The highest BCUT2D eigenvalue weighted by Gasteiger charge is 2.13. The molecule has 0 atom stereocenters. The Bertz CT molecular complexity index is 832. The molecule has 0 aliphatic heterocycles. The Kier molecular flexibility index (Phi) is 2.42. The largest absolute Gasteiger partial charge is 0.478 e. The van der Waals surface area contributed by atoms with Crippen LogP contribution in [0.25, 0.3) is 17.0 Å². The Morgan fingerprint density at radius 3 is 2.84 bits per heavy atom. The highest BCUT2D eigenvalue weighted by molar-refractivity contribution is 5.95. The minimum Gasteiger partial charge on any atom is -0.478 e. The average molecular weight is 255 g/mol. The molecule has 0 saturated carbocycles. The van der Waals surface area contributed by atoms with Crippen LogP contribution in [0.5, 0.6) is 0 Å². The minimum atomic E-state index is -1.02. The molecule has 94 valence electrons. The van der Waals surface area contributed by atoms with Crippen molar-refractivity contribution in [2.45, 2.75) is 0 Å². The molecular weight excluding hydrogens is 246 g/mol. The van der Waals surface area contributed by atoms with Crippen LogP contribution in [0.4, 0.5) is 0 Å². The zero-order valence-corrected chi connectivity index (χ0v) is 9.70. The number of nitrogens with one attached hydrogen (secondary N) is 1. The second kappa shape index (κ2) is 4.09. The summed E-state index contributed by atoms with van der Waals surface area (Å²) < 4.78 is 1.56. The molecule has 0 radical (unpaired) electrons. The number of aromatic amines is 1. The van der Waals surface area contributed by atoms with Crippen molar-refractivity contribution in [2.24, 2.45) is 0 Å². The van der Waals surface area contributed by atoms with Crippen LogP contribution in [0.3, 0.4) is 0 Å². The van der Waals surface area contributed by atoms with Crippen molar-refractivity contribution in [1.29, 1.82) is 0 Å². The number of fused-ring (bicyclic) bond motifs is 1. The molecule has 2 aromatic heterocycles. The zero-order chi connectivity index (χ0) is 13.4. The topological polar surface area (TPSA) is 87.5 Å². The lowest BCUT2D eigenvalue weighted by Crippen LogP contribution is -2.00. The van der Waals surface area contributed by atoms with E-state index in [1.165, 1.54) is 18.2 Å². The van der Waals surface area contributed by atoms with Gasteiger partial charge in [0.2, 0.25) is 0 Å². The highest BCUT2D eigenvalue weighted by Crippen LogP contribution is 2.20. The molecule has 6 heteroatoms. The second-order valence-corrected chi connectivity index (χ2v) is 4.01. The van der Waals surface area contributed by atoms with Gasteiger partial charge in [-0.15, -0.1) is 0 Å². The molecule has 1 aromatic carbocycles. The molecule has 3 aromatic rings. The van der Waals surface area contributed by atoms with Crippen LogP contribution < -0.4 is 5.43 Å². The molecule has 0 aliphatic carbocycles. The summed E-state index contributed by atoms with van der Waals surface area (Å²) in [5.41, 5.74) is 0.933. The molecule has 0 unspecified atom stereocenters. The maximum Gasteiger partial charge on any atom is 0.336 e. The number of carbonyl (C=O) groups is 1. The van der Waals surface area contributed by atoms with Crippen LogP contribution in [0.2, 0.25) is 0 Å². The highest BCUT2D eigenvalue weighted by atomic mass is 16.4. The first kappa shape index (κ1) is 11.2. The van der Waals surface area contributed by atoms with E-state index in [0.717, 1.165) is 0 Å². The standard InChI is InChI=1S/C13H9N3O3/c17-8-5-6-16-11(7-8)14-12(15-16)9-3-1-2-4-10(9)13(18)19/h1-7H,(H,14,15)(H,18,19). The summed E-state index contributed by atoms with van der Waals surface area (Å²) in [5, 5.41) is 12.1. The molecule has 0 saturated heterocycles. The van der Waals surface area contributed by atoms with Crippen LogP contribution in [-0.2, 0) is 0 Å². The van der Waals surface area contributed by atoms with Gasteiger partial charge in [-0.1, -0.05) is 18.2 Å². The Labute approximate surface area is 106 Å². The van der Waals surface area contributed by atoms with Crippen molar-refractivity contribution in [3.8, 4) is 11.4 Å². The number of H-pyrrole nitrogens is 1. The van der Waals surface area contributed by atoms with Crippen LogP contribution >= 0.6 is 0 Å². The summed E-state index contributed by atoms with van der Waals surface area (Å²) in [4.78, 5) is 26.6. The summed E-state index contributed by atoms with van der Waals surface area (Å²) >= 11 is 0. The van der Waals surface area contributed by atoms with Crippen molar-refractivity contribution in [1.82, 2.24) is 14.6 Å². The fourth-order valence-corrected chi connectivity index (χ4v) is 1.90. The van der Waals surface area contributed by atoms with Gasteiger partial charge in [-0.25, -0.2) is 14.3 Å². The van der Waals surface area contributed by atoms with E-state index in [4.69, 9.17) is 5.11 Å². The number of hydrogen-bond donors (Lipinski definition) is 2. The zero-order valence-electron chi connectivity index (χ0n) is 9.70. The molecule has 0 aliphatic rings. The van der Waals surface area contributed by atoms with Gasteiger partial charge in [-0.3, -0.25) is 9.89 Å². The maximum absolute atomic E-state index is 11.2. The normalized spacial score (nSPS) is 10.7. The number of aromatic nitrogens is 3. The summed E-state index contributed by atoms with van der Waals surface area (Å²) in [6.45, 7) is 0. The van der Waals surface area contributed by atoms with Gasteiger partial charge in [0.1, 0.15) is 0 Å². The van der Waals surface area contributed by atoms with Gasteiger partial charge in [0.15, 0.2) is 16.9 Å². The number of hydrogen-bond acceptors (Lipinski definition) is 3. The lowest BCUT2D eigenvalue weighted by molar-refractivity contribution is 0.0697. The second-order valence-electron chi connectivity index (χ2n) is 4.01. The van der Waals surface area contributed by atoms with Gasteiger partial charge < -0.3 is 5.11 Å². The van der Waals surface area contributed by atoms with Gasteiger partial charge >= 0.3 is 5.97 Å². The summed E-state index contributed by atoms with van der Waals surface area (Å²) in [7, 11) is 0. The molecule has 0 amide bonds. The SMILES string of the molecule is O=C(O)c1ccccc1-c1nc2cc(=O)ccn2[nH]1. The number of aromatic carboxylic acids is 1. The average Bonchev–Trinajstić information content (AvgIpc) is 2.81. The number of benzene rings is 1. The molecule has 19 heavy (non-hydrogen) atoms. The van der Waals surface area contributed by atoms with Crippen molar-refractivity contribution in [3.05, 3.63) is 58.4 Å². The third kappa shape index (κ3) is 1.89. The first-order valence-corrected chi connectivity index (χ1v) is 5.56. The van der Waals surface area contributed by atoms with E-state index in [1.807, 2.05) is 0 Å². The summed E-state index contributed by atoms with van der Waals surface area (Å²) in [6, 6.07) is 9.34. The van der Waals surface area contributed by atoms with E-state index < -0.39 is 5.97 Å². The molecule has 6 nitrogen and oxygen atoms in total. The van der Waals surface area contributed by atoms with Crippen molar-refractivity contribution in [3.63, 3.8) is 0 Å². The van der Waals surface area contributed by atoms with Crippen molar-refractivity contribution in [2.75, 3.05) is 0 Å². The predicted octanol–water partition coefficient (Wildman–Crippen LogP) is 1.39. The van der Waals surface area contributed by atoms with Crippen molar-refractivity contribution >= 4 is 11.6 Å². The third-order valence-corrected chi connectivity index (χ3v) is 2.77. The molecular formula is C13H9N3O3. The van der Waals surface area contributed by atoms with E-state index in [0.29, 0.717) is 17.0 Å². The Morgan fingerprint density at radius 1 is 1.26 bits per heavy atom. The number of carboxylic acid groups (broad SMARTS) is 1. The lowest BCUT2D eigenvalue weighted by atomic mass is 10.1. The van der Waals surface area contributed by atoms with Gasteiger partial charge in [-0.05, 0) is 6.07 Å². The third-order valence-electron chi connectivity index (χ3n) is 2.77. The van der Waals surface area contributed by atoms with E-state index >= 15 is 0 Å². The van der Waals surface area contributed by atoms with Crippen LogP contribution in [0.1, 0.15) is 10.4 Å². The molecule has 2 N–H and O–H groups in total. The van der Waals surface area contributed by atoms with E-state index in [9.17, 15) is 9.59 Å². The van der Waals surface area contributed by atoms with Crippen LogP contribution in [0, 0.1) is 0 Å². The van der Waals surface area contributed by atoms with Gasteiger partial charge in [0, 0.05) is 23.9 Å². The smallest absolute Gasteiger partial charge is 0.336 e. The molecule has 0 spiro atoms. The minimum absolute atomic E-state index is 0.149. The van der Waals surface area contributed by atoms with E-state index in [2.05, 4.69) is 10.1 Å². The van der Waals surface area contributed by atoms with E-state index in [-0.39, 0.29) is 11.0 Å². The monoisotopic (exact) mass is 255 g/mol. The first-order chi connectivity index (χ1) is 9.15. The fraction of sp³-hybridized carbons (Fsp3) is 0. The van der Waals surface area contributed by atoms with Crippen LogP contribution in [0.15, 0.2) is 47.4 Å². The molecule has 0 bridgehead atoms. The molecule has 0 fully saturated rings. The molecule has 2 heterocycles. The van der Waals surface area contributed by atoms with Gasteiger partial charge in [-0.2, -0.15) is 0 Å². The number of rotatable bonds is 2. The maximum atomic E-state index is 11.2. The predicted molar refractivity (Wildman–Crippen MR) is 68.2 cm³/mol. The molecule has 3 rings (SSSR count). The number of nitrogens with zero attached hydrogens (tertiary/aromatic N) is 2. The Morgan fingerprint density at radius 2 is 2.05 bits per heavy atom. The Hall–Kier alpha value is -2.89. The Balaban J connectivity index is 2.25. The number of carboxylic acids is 1. The van der Waals surface area contributed by atoms with Crippen molar-refractivity contribution < 1.29 is 9.90 Å². The quantitative estimate of drug-likeness (QED) is 0.724. The van der Waals surface area contributed by atoms with Gasteiger partial charge in [0.05, 0.1) is 5.56 Å².